The SMILES string of the molecule is Cc1cccnc1C[C@H](C)Nc1ncnc2sc(C(=O)O)c(C)c12. The van der Waals surface area contributed by atoms with Crippen molar-refractivity contribution in [3.63, 3.8) is 0 Å². The number of nitrogens with zero attached hydrogens (tertiary/aromatic N) is 3. The van der Waals surface area contributed by atoms with Crippen molar-refractivity contribution in [1.29, 1.82) is 0 Å². The second-order valence-corrected chi connectivity index (χ2v) is 6.78. The van der Waals surface area contributed by atoms with Gasteiger partial charge in [0.15, 0.2) is 0 Å². The number of pyridine rings is 1. The lowest BCUT2D eigenvalue weighted by molar-refractivity contribution is 0.0701. The average molecular weight is 342 g/mol. The number of rotatable bonds is 5. The third kappa shape index (κ3) is 3.07. The standard InChI is InChI=1S/C17H18N4O2S/c1-9-5-4-6-18-12(9)7-10(2)21-15-13-11(3)14(17(22)23)24-16(13)20-8-19-15/h4-6,8,10H,7H2,1-3H3,(H,22,23)(H,19,20,21)/t10-/m0/s1. The molecule has 3 aromatic rings. The van der Waals surface area contributed by atoms with E-state index in [2.05, 4.69) is 27.2 Å². The zero-order chi connectivity index (χ0) is 17.3. The van der Waals surface area contributed by atoms with E-state index >= 15 is 0 Å². The van der Waals surface area contributed by atoms with Crippen LogP contribution in [0.4, 0.5) is 5.82 Å². The molecule has 7 heteroatoms. The van der Waals surface area contributed by atoms with Crippen LogP contribution >= 0.6 is 11.3 Å². The summed E-state index contributed by atoms with van der Waals surface area (Å²) in [5.74, 6) is -0.263. The van der Waals surface area contributed by atoms with Crippen LogP contribution in [0.15, 0.2) is 24.7 Å². The van der Waals surface area contributed by atoms with E-state index in [0.29, 0.717) is 21.1 Å². The molecule has 0 aliphatic carbocycles. The molecule has 0 aromatic carbocycles. The Hall–Kier alpha value is -2.54. The minimum absolute atomic E-state index is 0.101. The average Bonchev–Trinajstić information content (AvgIpc) is 2.88. The van der Waals surface area contributed by atoms with Gasteiger partial charge in [-0.25, -0.2) is 14.8 Å². The summed E-state index contributed by atoms with van der Waals surface area (Å²) in [6, 6.07) is 4.07. The molecule has 3 aromatic heterocycles. The molecular weight excluding hydrogens is 324 g/mol. The van der Waals surface area contributed by atoms with E-state index in [9.17, 15) is 9.90 Å². The molecule has 3 rings (SSSR count). The molecule has 0 unspecified atom stereocenters. The van der Waals surface area contributed by atoms with Crippen LogP contribution in [0, 0.1) is 13.8 Å². The molecule has 0 aliphatic heterocycles. The van der Waals surface area contributed by atoms with Gasteiger partial charge in [0, 0.05) is 24.4 Å². The van der Waals surface area contributed by atoms with Crippen molar-refractivity contribution in [3.05, 3.63) is 46.4 Å². The lowest BCUT2D eigenvalue weighted by Crippen LogP contribution is -2.20. The molecule has 24 heavy (non-hydrogen) atoms. The Kier molecular flexibility index (Phi) is 4.44. The molecule has 3 heterocycles. The lowest BCUT2D eigenvalue weighted by Gasteiger charge is -2.16. The monoisotopic (exact) mass is 342 g/mol. The van der Waals surface area contributed by atoms with Gasteiger partial charge < -0.3 is 10.4 Å². The van der Waals surface area contributed by atoms with E-state index < -0.39 is 5.97 Å². The van der Waals surface area contributed by atoms with Crippen LogP contribution in [0.5, 0.6) is 0 Å². The number of nitrogens with one attached hydrogen (secondary N) is 1. The summed E-state index contributed by atoms with van der Waals surface area (Å²) in [6.07, 6.45) is 4.01. The van der Waals surface area contributed by atoms with Gasteiger partial charge in [-0.05, 0) is 38.0 Å². The van der Waals surface area contributed by atoms with Crippen molar-refractivity contribution >= 4 is 33.3 Å². The number of carboxylic acids is 1. The van der Waals surface area contributed by atoms with Gasteiger partial charge in [-0.2, -0.15) is 0 Å². The first-order chi connectivity index (χ1) is 11.5. The van der Waals surface area contributed by atoms with Gasteiger partial charge in [-0.3, -0.25) is 4.98 Å². The molecule has 0 aliphatic rings. The van der Waals surface area contributed by atoms with Crippen LogP contribution in [0.25, 0.3) is 10.2 Å². The number of carbonyl (C=O) groups is 1. The summed E-state index contributed by atoms with van der Waals surface area (Å²) in [5, 5.41) is 13.5. The normalized spacial score (nSPS) is 12.3. The van der Waals surface area contributed by atoms with Crippen molar-refractivity contribution in [2.75, 3.05) is 5.32 Å². The van der Waals surface area contributed by atoms with E-state index in [1.165, 1.54) is 17.7 Å². The van der Waals surface area contributed by atoms with E-state index in [1.54, 1.807) is 13.1 Å². The number of carboxylic acid groups (broad SMARTS) is 1. The largest absolute Gasteiger partial charge is 0.477 e. The Labute approximate surface area is 143 Å². The van der Waals surface area contributed by atoms with Crippen molar-refractivity contribution in [3.8, 4) is 0 Å². The third-order valence-corrected chi connectivity index (χ3v) is 5.11. The fraction of sp³-hybridized carbons (Fsp3) is 0.294. The summed E-state index contributed by atoms with van der Waals surface area (Å²) in [5.41, 5.74) is 2.89. The van der Waals surface area contributed by atoms with Crippen LogP contribution in [0.1, 0.15) is 33.4 Å². The number of hydrogen-bond donors (Lipinski definition) is 2. The molecule has 0 saturated carbocycles. The molecule has 0 fully saturated rings. The topological polar surface area (TPSA) is 88.0 Å². The van der Waals surface area contributed by atoms with Crippen molar-refractivity contribution < 1.29 is 9.90 Å². The fourth-order valence-electron chi connectivity index (χ4n) is 2.69. The molecule has 0 radical (unpaired) electrons. The highest BCUT2D eigenvalue weighted by atomic mass is 32.1. The number of hydrogen-bond acceptors (Lipinski definition) is 6. The summed E-state index contributed by atoms with van der Waals surface area (Å²) in [4.78, 5) is 25.3. The number of fused-ring (bicyclic) bond motifs is 1. The summed E-state index contributed by atoms with van der Waals surface area (Å²) < 4.78 is 0. The predicted octanol–water partition coefficient (Wildman–Crippen LogP) is 3.44. The van der Waals surface area contributed by atoms with Crippen LogP contribution in [-0.2, 0) is 6.42 Å². The number of aromatic nitrogens is 3. The van der Waals surface area contributed by atoms with Crippen molar-refractivity contribution in [1.82, 2.24) is 15.0 Å². The first-order valence-corrected chi connectivity index (χ1v) is 8.43. The van der Waals surface area contributed by atoms with E-state index in [1.807, 2.05) is 19.1 Å². The highest BCUT2D eigenvalue weighted by Crippen LogP contribution is 2.33. The second kappa shape index (κ2) is 6.52. The minimum atomic E-state index is -0.932. The fourth-order valence-corrected chi connectivity index (χ4v) is 3.68. The minimum Gasteiger partial charge on any atom is -0.477 e. The second-order valence-electron chi connectivity index (χ2n) is 5.78. The van der Waals surface area contributed by atoms with Gasteiger partial charge in [-0.1, -0.05) is 6.07 Å². The van der Waals surface area contributed by atoms with E-state index in [-0.39, 0.29) is 6.04 Å². The quantitative estimate of drug-likeness (QED) is 0.738. The summed E-state index contributed by atoms with van der Waals surface area (Å²) in [7, 11) is 0. The maximum absolute atomic E-state index is 11.3. The number of anilines is 1. The molecule has 0 amide bonds. The van der Waals surface area contributed by atoms with Gasteiger partial charge in [0.25, 0.3) is 0 Å². The number of thiophene rings is 1. The van der Waals surface area contributed by atoms with Crippen molar-refractivity contribution in [2.24, 2.45) is 0 Å². The van der Waals surface area contributed by atoms with Crippen LogP contribution in [0.2, 0.25) is 0 Å². The Balaban J connectivity index is 1.90. The van der Waals surface area contributed by atoms with Crippen LogP contribution < -0.4 is 5.32 Å². The zero-order valence-electron chi connectivity index (χ0n) is 13.7. The van der Waals surface area contributed by atoms with Crippen molar-refractivity contribution in [2.45, 2.75) is 33.2 Å². The maximum Gasteiger partial charge on any atom is 0.346 e. The maximum atomic E-state index is 11.3. The molecule has 6 nitrogen and oxygen atoms in total. The first-order valence-electron chi connectivity index (χ1n) is 7.61. The summed E-state index contributed by atoms with van der Waals surface area (Å²) >= 11 is 1.18. The van der Waals surface area contributed by atoms with Crippen LogP contribution in [-0.4, -0.2) is 32.1 Å². The third-order valence-electron chi connectivity index (χ3n) is 3.92. The van der Waals surface area contributed by atoms with E-state index in [0.717, 1.165) is 23.1 Å². The Morgan fingerprint density at radius 1 is 1.33 bits per heavy atom. The van der Waals surface area contributed by atoms with Gasteiger partial charge in [0.1, 0.15) is 21.9 Å². The van der Waals surface area contributed by atoms with Gasteiger partial charge in [0.2, 0.25) is 0 Å². The number of aryl methyl sites for hydroxylation is 2. The van der Waals surface area contributed by atoms with Crippen LogP contribution in [0.3, 0.4) is 0 Å². The molecule has 0 bridgehead atoms. The van der Waals surface area contributed by atoms with Gasteiger partial charge >= 0.3 is 5.97 Å². The molecule has 124 valence electrons. The molecule has 0 saturated heterocycles. The van der Waals surface area contributed by atoms with E-state index in [4.69, 9.17) is 0 Å². The molecule has 1 atom stereocenters. The Bertz CT molecular complexity index is 907. The summed E-state index contributed by atoms with van der Waals surface area (Å²) in [6.45, 7) is 5.90. The van der Waals surface area contributed by atoms with Gasteiger partial charge in [-0.15, -0.1) is 11.3 Å². The lowest BCUT2D eigenvalue weighted by atomic mass is 10.1. The molecule has 0 spiro atoms. The Morgan fingerprint density at radius 2 is 2.12 bits per heavy atom. The molecule has 2 N–H and O–H groups in total. The van der Waals surface area contributed by atoms with Gasteiger partial charge in [0.05, 0.1) is 5.39 Å². The zero-order valence-corrected chi connectivity index (χ0v) is 14.5. The first kappa shape index (κ1) is 16.3. The number of aromatic carboxylic acids is 1. The smallest absolute Gasteiger partial charge is 0.346 e. The predicted molar refractivity (Wildman–Crippen MR) is 94.9 cm³/mol. The molecular formula is C17H18N4O2S. The Morgan fingerprint density at radius 3 is 2.83 bits per heavy atom. The highest BCUT2D eigenvalue weighted by Gasteiger charge is 2.19. The highest BCUT2D eigenvalue weighted by molar-refractivity contribution is 7.20.